The van der Waals surface area contributed by atoms with Gasteiger partial charge in [0.05, 0.1) is 31.2 Å². The summed E-state index contributed by atoms with van der Waals surface area (Å²) in [5.74, 6) is -2.57. The average molecular weight is 651 g/mol. The smallest absolute Gasteiger partial charge is 0.332 e. The van der Waals surface area contributed by atoms with Crippen LogP contribution in [0.4, 0.5) is 0 Å². The number of hydrogen-bond acceptors (Lipinski definition) is 9. The molecule has 2 aliphatic rings. The van der Waals surface area contributed by atoms with Gasteiger partial charge in [-0.2, -0.15) is 9.97 Å². The molecule has 1 aromatic carbocycles. The third-order valence-electron chi connectivity index (χ3n) is 6.65. The minimum Gasteiger partial charge on any atom is -0.474 e. The lowest BCUT2D eigenvalue weighted by molar-refractivity contribution is -0.163. The van der Waals surface area contributed by atoms with Crippen molar-refractivity contribution < 1.29 is 33.3 Å². The van der Waals surface area contributed by atoms with Gasteiger partial charge in [-0.3, -0.25) is 9.59 Å². The molecular weight excluding hydrogens is 617 g/mol. The standard InChI is InChI=1S/C28H34IN3O7/c1-6-37-25(35)28(15-21(28)29)32-23(33)18-12-17(13-19(18)24(34)39-27(2,3)4)38-22-14-20(30-26(31-22)36-5)16-10-8-7-9-11-16/h7-11,14,17-19,21H,6,12-13,15H2,1-5H3,(H,32,33)/t17-,18-,19-,21-,28-/m1/s1. The molecule has 0 unspecified atom stereocenters. The summed E-state index contributed by atoms with van der Waals surface area (Å²) in [6, 6.07) is 11.4. The summed E-state index contributed by atoms with van der Waals surface area (Å²) >= 11 is 2.13. The van der Waals surface area contributed by atoms with E-state index in [4.69, 9.17) is 18.9 Å². The van der Waals surface area contributed by atoms with Gasteiger partial charge in [0, 0.05) is 15.6 Å². The molecule has 0 aliphatic heterocycles. The molecular formula is C28H34IN3O7. The van der Waals surface area contributed by atoms with Crippen LogP contribution in [0.1, 0.15) is 47.0 Å². The summed E-state index contributed by atoms with van der Waals surface area (Å²) in [4.78, 5) is 48.1. The fourth-order valence-corrected chi connectivity index (χ4v) is 5.79. The van der Waals surface area contributed by atoms with E-state index in [1.54, 1.807) is 33.8 Å². The van der Waals surface area contributed by atoms with E-state index in [1.807, 2.05) is 30.3 Å². The van der Waals surface area contributed by atoms with Crippen molar-refractivity contribution in [2.24, 2.45) is 11.8 Å². The molecule has 2 aromatic rings. The van der Waals surface area contributed by atoms with Crippen LogP contribution in [-0.4, -0.2) is 62.7 Å². The number of methoxy groups -OCH3 is 1. The number of aromatic nitrogens is 2. The monoisotopic (exact) mass is 651 g/mol. The summed E-state index contributed by atoms with van der Waals surface area (Å²) in [5, 5.41) is 2.89. The van der Waals surface area contributed by atoms with Crippen molar-refractivity contribution in [1.82, 2.24) is 15.3 Å². The number of nitrogens with one attached hydrogen (secondary N) is 1. The SMILES string of the molecule is CCOC(=O)[C@@]1(NC(=O)[C@@H]2C[C@@H](Oc3cc(-c4ccccc4)nc(OC)n3)C[C@H]2C(=O)OC(C)(C)C)C[C@H]1I. The Morgan fingerprint density at radius 1 is 1.10 bits per heavy atom. The molecule has 2 fully saturated rings. The highest BCUT2D eigenvalue weighted by Crippen LogP contribution is 2.45. The number of alkyl halides is 1. The molecule has 0 radical (unpaired) electrons. The Balaban J connectivity index is 1.56. The first-order chi connectivity index (χ1) is 18.5. The Labute approximate surface area is 241 Å². The van der Waals surface area contributed by atoms with Crippen LogP contribution in [0.15, 0.2) is 36.4 Å². The van der Waals surface area contributed by atoms with Crippen LogP contribution in [0.5, 0.6) is 11.9 Å². The zero-order valence-electron chi connectivity index (χ0n) is 22.7. The maximum absolute atomic E-state index is 13.5. The molecule has 1 N–H and O–H groups in total. The summed E-state index contributed by atoms with van der Waals surface area (Å²) in [6.07, 6.45) is 0.466. The van der Waals surface area contributed by atoms with E-state index in [2.05, 4.69) is 37.9 Å². The first kappa shape index (κ1) is 29.0. The highest BCUT2D eigenvalue weighted by atomic mass is 127. The Morgan fingerprint density at radius 3 is 2.36 bits per heavy atom. The largest absolute Gasteiger partial charge is 0.474 e. The normalized spacial score (nSPS) is 25.9. The zero-order valence-corrected chi connectivity index (χ0v) is 24.9. The van der Waals surface area contributed by atoms with E-state index < -0.39 is 46.9 Å². The lowest BCUT2D eigenvalue weighted by Crippen LogP contribution is -2.49. The molecule has 210 valence electrons. The van der Waals surface area contributed by atoms with E-state index >= 15 is 0 Å². The van der Waals surface area contributed by atoms with Crippen molar-refractivity contribution >= 4 is 40.4 Å². The molecule has 0 spiro atoms. The lowest BCUT2D eigenvalue weighted by Gasteiger charge is -2.25. The van der Waals surface area contributed by atoms with Crippen LogP contribution in [0, 0.1) is 11.8 Å². The highest BCUT2D eigenvalue weighted by molar-refractivity contribution is 14.1. The third kappa shape index (κ3) is 6.79. The number of benzene rings is 1. The molecule has 39 heavy (non-hydrogen) atoms. The van der Waals surface area contributed by atoms with Gasteiger partial charge in [0.2, 0.25) is 11.8 Å². The minimum atomic E-state index is -1.07. The van der Waals surface area contributed by atoms with Gasteiger partial charge in [-0.25, -0.2) is 4.79 Å². The zero-order chi connectivity index (χ0) is 28.4. The summed E-state index contributed by atoms with van der Waals surface area (Å²) in [6.45, 7) is 7.28. The predicted octanol–water partition coefficient (Wildman–Crippen LogP) is 3.89. The molecule has 1 aromatic heterocycles. The fraction of sp³-hybridized carbons (Fsp3) is 0.536. The number of carbonyl (C=O) groups excluding carboxylic acids is 3. The number of nitrogens with zero attached hydrogens (tertiary/aromatic N) is 2. The molecule has 1 heterocycles. The maximum atomic E-state index is 13.5. The van der Waals surface area contributed by atoms with Gasteiger partial charge < -0.3 is 24.3 Å². The molecule has 10 nitrogen and oxygen atoms in total. The fourth-order valence-electron chi connectivity index (χ4n) is 4.69. The Morgan fingerprint density at radius 2 is 1.77 bits per heavy atom. The minimum absolute atomic E-state index is 0.0867. The van der Waals surface area contributed by atoms with Crippen molar-refractivity contribution in [3.63, 3.8) is 0 Å². The lowest BCUT2D eigenvalue weighted by atomic mass is 9.94. The predicted molar refractivity (Wildman–Crippen MR) is 150 cm³/mol. The van der Waals surface area contributed by atoms with E-state index in [9.17, 15) is 14.4 Å². The molecule has 2 saturated carbocycles. The number of rotatable bonds is 9. The number of amides is 1. The number of ether oxygens (including phenoxy) is 4. The second-order valence-electron chi connectivity index (χ2n) is 10.8. The molecule has 0 saturated heterocycles. The topological polar surface area (TPSA) is 126 Å². The average Bonchev–Trinajstić information content (AvgIpc) is 3.34. The first-order valence-electron chi connectivity index (χ1n) is 13.0. The van der Waals surface area contributed by atoms with Gasteiger partial charge in [0.15, 0.2) is 5.54 Å². The number of carbonyl (C=O) groups is 3. The second kappa shape index (κ2) is 11.6. The van der Waals surface area contributed by atoms with Gasteiger partial charge in [-0.05, 0) is 47.0 Å². The number of halogens is 1. The van der Waals surface area contributed by atoms with Gasteiger partial charge in [0.25, 0.3) is 0 Å². The molecule has 2 aliphatic carbocycles. The van der Waals surface area contributed by atoms with Crippen LogP contribution in [0.2, 0.25) is 0 Å². The molecule has 0 bridgehead atoms. The summed E-state index contributed by atoms with van der Waals surface area (Å²) in [7, 11) is 1.47. The maximum Gasteiger partial charge on any atom is 0.332 e. The van der Waals surface area contributed by atoms with Crippen molar-refractivity contribution in [2.45, 2.75) is 68.1 Å². The van der Waals surface area contributed by atoms with Crippen LogP contribution in [0.3, 0.4) is 0 Å². The van der Waals surface area contributed by atoms with E-state index in [0.717, 1.165) is 5.56 Å². The molecule has 5 atom stereocenters. The Hall–Kier alpha value is -2.96. The van der Waals surface area contributed by atoms with Gasteiger partial charge in [-0.1, -0.05) is 52.9 Å². The van der Waals surface area contributed by atoms with Crippen molar-refractivity contribution in [1.29, 1.82) is 0 Å². The van der Waals surface area contributed by atoms with Crippen molar-refractivity contribution in [2.75, 3.05) is 13.7 Å². The molecule has 11 heteroatoms. The Kier molecular flexibility index (Phi) is 8.67. The summed E-state index contributed by atoms with van der Waals surface area (Å²) in [5.41, 5.74) is -0.320. The highest BCUT2D eigenvalue weighted by Gasteiger charge is 2.62. The van der Waals surface area contributed by atoms with Gasteiger partial charge in [0.1, 0.15) is 11.7 Å². The number of hydrogen-bond donors (Lipinski definition) is 1. The third-order valence-corrected chi connectivity index (χ3v) is 8.15. The second-order valence-corrected chi connectivity index (χ2v) is 12.3. The van der Waals surface area contributed by atoms with E-state index in [0.29, 0.717) is 12.1 Å². The van der Waals surface area contributed by atoms with Crippen LogP contribution >= 0.6 is 22.6 Å². The quantitative estimate of drug-likeness (QED) is 0.244. The van der Waals surface area contributed by atoms with Crippen LogP contribution in [0.25, 0.3) is 11.3 Å². The molecule has 4 rings (SSSR count). The van der Waals surface area contributed by atoms with Crippen molar-refractivity contribution in [3.05, 3.63) is 36.4 Å². The Bertz CT molecular complexity index is 1220. The first-order valence-corrected chi connectivity index (χ1v) is 14.2. The van der Waals surface area contributed by atoms with E-state index in [-0.39, 0.29) is 35.3 Å². The van der Waals surface area contributed by atoms with Gasteiger partial charge >= 0.3 is 17.9 Å². The van der Waals surface area contributed by atoms with Crippen LogP contribution < -0.4 is 14.8 Å². The van der Waals surface area contributed by atoms with Crippen molar-refractivity contribution in [3.8, 4) is 23.1 Å². The number of esters is 2. The molecule has 1 amide bonds. The summed E-state index contributed by atoms with van der Waals surface area (Å²) < 4.78 is 22.3. The van der Waals surface area contributed by atoms with Gasteiger partial charge in [-0.15, -0.1) is 0 Å². The van der Waals surface area contributed by atoms with E-state index in [1.165, 1.54) is 7.11 Å². The van der Waals surface area contributed by atoms with Crippen LogP contribution in [-0.2, 0) is 23.9 Å².